The highest BCUT2D eigenvalue weighted by atomic mass is 16.5. The quantitative estimate of drug-likeness (QED) is 0.780. The van der Waals surface area contributed by atoms with Gasteiger partial charge in [0.25, 0.3) is 0 Å². The maximum Gasteiger partial charge on any atom is 0.150 e. The lowest BCUT2D eigenvalue weighted by molar-refractivity contribution is 0.0466. The summed E-state index contributed by atoms with van der Waals surface area (Å²) in [7, 11) is 0. The maximum absolute atomic E-state index is 8.99. The predicted octanol–water partition coefficient (Wildman–Crippen LogP) is 0.291. The van der Waals surface area contributed by atoms with E-state index in [0.717, 1.165) is 29.3 Å². The van der Waals surface area contributed by atoms with Gasteiger partial charge in [0.2, 0.25) is 0 Å². The molecule has 1 saturated heterocycles. The van der Waals surface area contributed by atoms with Crippen LogP contribution in [0.4, 0.5) is 11.4 Å². The largest absolute Gasteiger partial charge is 0.373 e. The number of aliphatic imine (C=N–C) groups is 1. The molecular formula is C18H22N8O. The summed E-state index contributed by atoms with van der Waals surface area (Å²) in [6.45, 7) is 2.58. The minimum Gasteiger partial charge on any atom is -0.373 e. The molecule has 1 aromatic heterocycles. The molecule has 0 saturated carbocycles. The van der Waals surface area contributed by atoms with Crippen LogP contribution in [0.3, 0.4) is 0 Å². The van der Waals surface area contributed by atoms with E-state index >= 15 is 0 Å². The molecule has 0 amide bonds. The Labute approximate surface area is 157 Å². The lowest BCUT2D eigenvalue weighted by Gasteiger charge is -2.39. The molecule has 1 fully saturated rings. The van der Waals surface area contributed by atoms with E-state index in [1.165, 1.54) is 0 Å². The molecule has 3 aliphatic rings. The van der Waals surface area contributed by atoms with Gasteiger partial charge in [-0.1, -0.05) is 0 Å². The van der Waals surface area contributed by atoms with Gasteiger partial charge in [-0.2, -0.15) is 5.26 Å². The van der Waals surface area contributed by atoms with E-state index in [1.54, 1.807) is 18.6 Å². The topological polar surface area (TPSA) is 120 Å². The van der Waals surface area contributed by atoms with E-state index in [1.807, 2.05) is 28.4 Å². The average molecular weight is 366 g/mol. The number of aromatic nitrogens is 1. The Bertz CT molecular complexity index is 842. The van der Waals surface area contributed by atoms with Gasteiger partial charge in [-0.25, -0.2) is 10.0 Å². The van der Waals surface area contributed by atoms with Gasteiger partial charge in [0.15, 0.2) is 5.82 Å². The van der Waals surface area contributed by atoms with E-state index in [4.69, 9.17) is 21.5 Å². The van der Waals surface area contributed by atoms with Crippen LogP contribution in [0.1, 0.15) is 6.42 Å². The van der Waals surface area contributed by atoms with E-state index in [-0.39, 0.29) is 18.7 Å². The number of hydrazine groups is 1. The standard InChI is InChI=1S/C18H22N8O/c19-3-1-13-9-23-18-7-17(21)26(25(18)11-13)16-10-22-4-2-15(16)24-5-6-27-14(8-20)12-24/h2,4,7,9-11,14,17H,1,5-6,8,12,20-21H2. The maximum atomic E-state index is 8.99. The number of nitrogens with zero attached hydrogens (tertiary/aromatic N) is 6. The zero-order chi connectivity index (χ0) is 18.8. The number of hydrogen-bond donors (Lipinski definition) is 2. The summed E-state index contributed by atoms with van der Waals surface area (Å²) in [4.78, 5) is 11.0. The van der Waals surface area contributed by atoms with Gasteiger partial charge in [-0.05, 0) is 12.1 Å². The smallest absolute Gasteiger partial charge is 0.150 e. The van der Waals surface area contributed by atoms with Crippen LogP contribution in [0.5, 0.6) is 0 Å². The molecule has 4 heterocycles. The number of morpholine rings is 1. The molecule has 140 valence electrons. The van der Waals surface area contributed by atoms with Crippen molar-refractivity contribution in [1.82, 2.24) is 9.99 Å². The Morgan fingerprint density at radius 3 is 3.07 bits per heavy atom. The van der Waals surface area contributed by atoms with Crippen LogP contribution in [0.15, 0.2) is 47.1 Å². The second-order valence-corrected chi connectivity index (χ2v) is 6.54. The van der Waals surface area contributed by atoms with Crippen LogP contribution in [-0.2, 0) is 4.74 Å². The van der Waals surface area contributed by atoms with Crippen LogP contribution < -0.4 is 21.4 Å². The Kier molecular flexibility index (Phi) is 4.77. The molecule has 0 bridgehead atoms. The van der Waals surface area contributed by atoms with Gasteiger partial charge in [0.05, 0.1) is 37.1 Å². The molecule has 2 unspecified atom stereocenters. The fraction of sp³-hybridized carbons (Fsp3) is 0.389. The number of hydrogen-bond acceptors (Lipinski definition) is 9. The Morgan fingerprint density at radius 1 is 1.37 bits per heavy atom. The first-order valence-corrected chi connectivity index (χ1v) is 8.89. The number of nitrogens with two attached hydrogens (primary N) is 2. The van der Waals surface area contributed by atoms with E-state index in [0.29, 0.717) is 19.7 Å². The first-order valence-electron chi connectivity index (χ1n) is 8.89. The second-order valence-electron chi connectivity index (χ2n) is 6.54. The van der Waals surface area contributed by atoms with Gasteiger partial charge < -0.3 is 21.1 Å². The molecule has 1 aromatic rings. The molecule has 0 aliphatic carbocycles. The van der Waals surface area contributed by atoms with Gasteiger partial charge in [0, 0.05) is 43.8 Å². The van der Waals surface area contributed by atoms with Gasteiger partial charge >= 0.3 is 0 Å². The summed E-state index contributed by atoms with van der Waals surface area (Å²) in [6, 6.07) is 4.13. The van der Waals surface area contributed by atoms with E-state index < -0.39 is 0 Å². The molecule has 9 heteroatoms. The molecule has 0 spiro atoms. The minimum absolute atomic E-state index is 0.00224. The first kappa shape index (κ1) is 17.5. The molecule has 4 N–H and O–H groups in total. The summed E-state index contributed by atoms with van der Waals surface area (Å²) < 4.78 is 5.69. The molecule has 4 rings (SSSR count). The zero-order valence-corrected chi connectivity index (χ0v) is 14.9. The van der Waals surface area contributed by atoms with Crippen molar-refractivity contribution in [2.24, 2.45) is 16.5 Å². The number of rotatable bonds is 4. The van der Waals surface area contributed by atoms with Crippen LogP contribution in [0, 0.1) is 11.3 Å². The third kappa shape index (κ3) is 3.26. The normalized spacial score (nSPS) is 24.4. The summed E-state index contributed by atoms with van der Waals surface area (Å²) in [5.41, 5.74) is 14.9. The van der Waals surface area contributed by atoms with Crippen molar-refractivity contribution < 1.29 is 4.74 Å². The predicted molar refractivity (Wildman–Crippen MR) is 102 cm³/mol. The first-order chi connectivity index (χ1) is 13.2. The fourth-order valence-electron chi connectivity index (χ4n) is 3.49. The van der Waals surface area contributed by atoms with Crippen molar-refractivity contribution in [1.29, 1.82) is 5.26 Å². The summed E-state index contributed by atoms with van der Waals surface area (Å²) in [6.07, 6.45) is 8.97. The Hall–Kier alpha value is -2.93. The van der Waals surface area contributed by atoms with Crippen molar-refractivity contribution in [2.45, 2.75) is 18.7 Å². The molecule has 2 atom stereocenters. The number of pyridine rings is 1. The third-order valence-electron chi connectivity index (χ3n) is 4.77. The van der Waals surface area contributed by atoms with Crippen molar-refractivity contribution >= 4 is 17.6 Å². The zero-order valence-electron chi connectivity index (χ0n) is 14.9. The highest BCUT2D eigenvalue weighted by Gasteiger charge is 2.34. The highest BCUT2D eigenvalue weighted by molar-refractivity contribution is 5.82. The summed E-state index contributed by atoms with van der Waals surface area (Å²) in [5, 5.41) is 12.8. The summed E-state index contributed by atoms with van der Waals surface area (Å²) in [5.74, 6) is 0.737. The van der Waals surface area contributed by atoms with E-state index in [2.05, 4.69) is 20.9 Å². The number of anilines is 2. The van der Waals surface area contributed by atoms with Crippen molar-refractivity contribution in [3.05, 3.63) is 42.1 Å². The summed E-state index contributed by atoms with van der Waals surface area (Å²) >= 11 is 0. The highest BCUT2D eigenvalue weighted by Crippen LogP contribution is 2.37. The van der Waals surface area contributed by atoms with Gasteiger partial charge in [-0.3, -0.25) is 9.99 Å². The fourth-order valence-corrected chi connectivity index (χ4v) is 3.49. The van der Waals surface area contributed by atoms with Crippen molar-refractivity contribution in [2.75, 3.05) is 36.1 Å². The Morgan fingerprint density at radius 2 is 2.26 bits per heavy atom. The molecule has 3 aliphatic heterocycles. The van der Waals surface area contributed by atoms with Crippen LogP contribution >= 0.6 is 0 Å². The number of nitriles is 1. The average Bonchev–Trinajstić information content (AvgIpc) is 3.03. The lowest BCUT2D eigenvalue weighted by Crippen LogP contribution is -2.48. The van der Waals surface area contributed by atoms with Crippen molar-refractivity contribution in [3.8, 4) is 6.07 Å². The SMILES string of the molecule is N#CCC1=CN2C(=CC(N)N2c2cnccc2N2CCOC(CN)C2)N=C1. The number of fused-ring (bicyclic) bond motifs is 1. The Balaban J connectivity index is 1.68. The van der Waals surface area contributed by atoms with Gasteiger partial charge in [-0.15, -0.1) is 0 Å². The minimum atomic E-state index is -0.385. The van der Waals surface area contributed by atoms with Crippen LogP contribution in [0.25, 0.3) is 0 Å². The van der Waals surface area contributed by atoms with Gasteiger partial charge in [0.1, 0.15) is 11.9 Å². The molecule has 0 radical (unpaired) electrons. The molecule has 27 heavy (non-hydrogen) atoms. The van der Waals surface area contributed by atoms with Crippen LogP contribution in [0.2, 0.25) is 0 Å². The van der Waals surface area contributed by atoms with Crippen LogP contribution in [-0.4, -0.2) is 54.7 Å². The molecule has 0 aromatic carbocycles. The molecule has 9 nitrogen and oxygen atoms in total. The molecular weight excluding hydrogens is 344 g/mol. The third-order valence-corrected chi connectivity index (χ3v) is 4.77. The number of allylic oxidation sites excluding steroid dienone is 1. The van der Waals surface area contributed by atoms with E-state index in [9.17, 15) is 0 Å². The lowest BCUT2D eigenvalue weighted by atomic mass is 10.2. The monoisotopic (exact) mass is 366 g/mol. The number of ether oxygens (including phenoxy) is 1. The van der Waals surface area contributed by atoms with Crippen molar-refractivity contribution in [3.63, 3.8) is 0 Å². The second kappa shape index (κ2) is 7.36.